The molecule has 2 heterocycles. The van der Waals surface area contributed by atoms with Gasteiger partial charge in [-0.15, -0.1) is 0 Å². The van der Waals surface area contributed by atoms with Gasteiger partial charge in [0.05, 0.1) is 18.1 Å². The van der Waals surface area contributed by atoms with E-state index in [2.05, 4.69) is 5.32 Å². The molecule has 3 aliphatic rings. The molecule has 0 aromatic rings. The van der Waals surface area contributed by atoms with Gasteiger partial charge in [0.25, 0.3) is 0 Å². The van der Waals surface area contributed by atoms with Crippen molar-refractivity contribution in [2.75, 3.05) is 31.3 Å². The fourth-order valence-electron chi connectivity index (χ4n) is 3.14. The summed E-state index contributed by atoms with van der Waals surface area (Å²) in [5.74, 6) is 1.06. The van der Waals surface area contributed by atoms with E-state index in [0.717, 1.165) is 32.6 Å². The molecular formula is C12H21NO3S. The number of hydrogen-bond acceptors (Lipinski definition) is 4. The van der Waals surface area contributed by atoms with Crippen LogP contribution in [0.3, 0.4) is 0 Å². The largest absolute Gasteiger partial charge is 0.381 e. The van der Waals surface area contributed by atoms with E-state index in [0.29, 0.717) is 23.5 Å². The Morgan fingerprint density at radius 3 is 2.65 bits per heavy atom. The molecule has 98 valence electrons. The van der Waals surface area contributed by atoms with E-state index in [1.54, 1.807) is 0 Å². The maximum absolute atomic E-state index is 11.6. The molecule has 5 heteroatoms. The molecule has 1 N–H and O–H groups in total. The molecule has 0 radical (unpaired) electrons. The summed E-state index contributed by atoms with van der Waals surface area (Å²) in [5.41, 5.74) is 0.0894. The van der Waals surface area contributed by atoms with E-state index in [9.17, 15) is 8.42 Å². The van der Waals surface area contributed by atoms with Crippen molar-refractivity contribution >= 4 is 9.84 Å². The van der Waals surface area contributed by atoms with Gasteiger partial charge in [0.1, 0.15) is 0 Å². The van der Waals surface area contributed by atoms with Gasteiger partial charge in [-0.3, -0.25) is 0 Å². The van der Waals surface area contributed by atoms with Crippen molar-refractivity contribution in [3.8, 4) is 0 Å². The van der Waals surface area contributed by atoms with Crippen LogP contribution in [0.1, 0.15) is 25.7 Å². The summed E-state index contributed by atoms with van der Waals surface area (Å²) in [6.07, 6.45) is 4.41. The Morgan fingerprint density at radius 1 is 1.29 bits per heavy atom. The molecule has 3 rings (SSSR count). The van der Waals surface area contributed by atoms with Gasteiger partial charge in [0.2, 0.25) is 0 Å². The van der Waals surface area contributed by atoms with Crippen LogP contribution in [0.25, 0.3) is 0 Å². The van der Waals surface area contributed by atoms with E-state index >= 15 is 0 Å². The zero-order chi connectivity index (χ0) is 11.9. The summed E-state index contributed by atoms with van der Waals surface area (Å²) in [6.45, 7) is 2.48. The number of rotatable bonds is 4. The van der Waals surface area contributed by atoms with Crippen LogP contribution in [0.5, 0.6) is 0 Å². The predicted octanol–water partition coefficient (Wildman–Crippen LogP) is 0.580. The minimum atomic E-state index is -2.78. The lowest BCUT2D eigenvalue weighted by molar-refractivity contribution is 0.113. The van der Waals surface area contributed by atoms with Crippen LogP contribution in [0.15, 0.2) is 0 Å². The molecule has 0 aromatic carbocycles. The third kappa shape index (κ3) is 2.51. The van der Waals surface area contributed by atoms with Crippen molar-refractivity contribution in [2.45, 2.75) is 31.7 Å². The lowest BCUT2D eigenvalue weighted by Crippen LogP contribution is -2.42. The summed E-state index contributed by atoms with van der Waals surface area (Å²) in [6, 6.07) is 0.686. The quantitative estimate of drug-likeness (QED) is 0.802. The monoisotopic (exact) mass is 259 g/mol. The zero-order valence-corrected chi connectivity index (χ0v) is 11.0. The third-order valence-electron chi connectivity index (χ3n) is 4.55. The molecule has 2 saturated heterocycles. The average Bonchev–Trinajstić information content (AvgIpc) is 2.86. The molecule has 0 bridgehead atoms. The van der Waals surface area contributed by atoms with Crippen LogP contribution in [-0.2, 0) is 14.6 Å². The highest BCUT2D eigenvalue weighted by molar-refractivity contribution is 7.91. The van der Waals surface area contributed by atoms with Gasteiger partial charge in [-0.25, -0.2) is 8.42 Å². The van der Waals surface area contributed by atoms with E-state index in [4.69, 9.17) is 4.74 Å². The fraction of sp³-hybridized carbons (Fsp3) is 1.00. The van der Waals surface area contributed by atoms with Gasteiger partial charge < -0.3 is 10.1 Å². The molecule has 2 unspecified atom stereocenters. The molecule has 0 aromatic heterocycles. The topological polar surface area (TPSA) is 55.4 Å². The van der Waals surface area contributed by atoms with Crippen LogP contribution < -0.4 is 5.32 Å². The number of hydrogen-bond donors (Lipinski definition) is 1. The van der Waals surface area contributed by atoms with E-state index in [-0.39, 0.29) is 5.41 Å². The maximum Gasteiger partial charge on any atom is 0.150 e. The lowest BCUT2D eigenvalue weighted by atomic mass is 9.74. The Bertz CT molecular complexity index is 383. The number of ether oxygens (including phenoxy) is 1. The summed E-state index contributed by atoms with van der Waals surface area (Å²) in [4.78, 5) is 0. The maximum atomic E-state index is 11.6. The van der Waals surface area contributed by atoms with Crippen LogP contribution in [0.4, 0.5) is 0 Å². The van der Waals surface area contributed by atoms with Crippen molar-refractivity contribution in [3.63, 3.8) is 0 Å². The van der Waals surface area contributed by atoms with Gasteiger partial charge in [0.15, 0.2) is 9.84 Å². The van der Waals surface area contributed by atoms with Gasteiger partial charge in [-0.1, -0.05) is 0 Å². The normalized spacial score (nSPS) is 40.8. The second-order valence-corrected chi connectivity index (χ2v) is 8.15. The Labute approximate surface area is 103 Å². The minimum absolute atomic E-state index is 0.0894. The molecule has 1 saturated carbocycles. The smallest absolute Gasteiger partial charge is 0.150 e. The van der Waals surface area contributed by atoms with Crippen LogP contribution in [0.2, 0.25) is 0 Å². The van der Waals surface area contributed by atoms with Crippen LogP contribution in [0, 0.1) is 11.3 Å². The lowest BCUT2D eigenvalue weighted by Gasteiger charge is -2.33. The molecule has 0 amide bonds. The molecule has 1 aliphatic carbocycles. The first-order chi connectivity index (χ1) is 8.10. The first kappa shape index (κ1) is 11.9. The predicted molar refractivity (Wildman–Crippen MR) is 65.7 cm³/mol. The van der Waals surface area contributed by atoms with Crippen molar-refractivity contribution < 1.29 is 13.2 Å². The molecular weight excluding hydrogens is 238 g/mol. The highest BCUT2D eigenvalue weighted by Gasteiger charge is 2.47. The van der Waals surface area contributed by atoms with E-state index in [1.807, 2.05) is 0 Å². The van der Waals surface area contributed by atoms with Crippen molar-refractivity contribution in [1.29, 1.82) is 0 Å². The minimum Gasteiger partial charge on any atom is -0.381 e. The zero-order valence-electron chi connectivity index (χ0n) is 10.2. The summed E-state index contributed by atoms with van der Waals surface area (Å²) in [5, 5.41) is 3.57. The van der Waals surface area contributed by atoms with Crippen LogP contribution in [-0.4, -0.2) is 45.7 Å². The summed E-state index contributed by atoms with van der Waals surface area (Å²) >= 11 is 0. The molecule has 2 atom stereocenters. The second-order valence-electron chi connectivity index (χ2n) is 5.92. The Balaban J connectivity index is 1.69. The molecule has 0 spiro atoms. The highest BCUT2D eigenvalue weighted by atomic mass is 32.2. The van der Waals surface area contributed by atoms with Gasteiger partial charge >= 0.3 is 0 Å². The molecule has 4 nitrogen and oxygen atoms in total. The van der Waals surface area contributed by atoms with Crippen molar-refractivity contribution in [1.82, 2.24) is 5.32 Å². The summed E-state index contributed by atoms with van der Waals surface area (Å²) in [7, 11) is -2.78. The second kappa shape index (κ2) is 4.21. The number of sulfone groups is 1. The SMILES string of the molecule is O=S1(=O)CCC(C2(CNC3CC3)CCOC2)C1. The third-order valence-corrected chi connectivity index (χ3v) is 6.32. The molecule has 3 fully saturated rings. The van der Waals surface area contributed by atoms with Crippen molar-refractivity contribution in [2.24, 2.45) is 11.3 Å². The molecule has 2 aliphatic heterocycles. The summed E-state index contributed by atoms with van der Waals surface area (Å²) < 4.78 is 28.8. The van der Waals surface area contributed by atoms with Gasteiger partial charge in [-0.05, 0) is 31.6 Å². The van der Waals surface area contributed by atoms with Gasteiger partial charge in [-0.2, -0.15) is 0 Å². The Hall–Kier alpha value is -0.130. The fourth-order valence-corrected chi connectivity index (χ4v) is 5.09. The Kier molecular flexibility index (Phi) is 2.96. The average molecular weight is 259 g/mol. The van der Waals surface area contributed by atoms with Gasteiger partial charge in [0, 0.05) is 24.6 Å². The van der Waals surface area contributed by atoms with Crippen molar-refractivity contribution in [3.05, 3.63) is 0 Å². The standard InChI is InChI=1S/C12H21NO3S/c14-17(15)6-3-10(7-17)12(4-5-16-9-12)8-13-11-1-2-11/h10-11,13H,1-9H2. The Morgan fingerprint density at radius 2 is 2.12 bits per heavy atom. The van der Waals surface area contributed by atoms with E-state index in [1.165, 1.54) is 12.8 Å². The van der Waals surface area contributed by atoms with Crippen LogP contribution >= 0.6 is 0 Å². The highest BCUT2D eigenvalue weighted by Crippen LogP contribution is 2.42. The van der Waals surface area contributed by atoms with E-state index < -0.39 is 9.84 Å². The molecule has 17 heavy (non-hydrogen) atoms. The first-order valence-electron chi connectivity index (χ1n) is 6.61. The first-order valence-corrected chi connectivity index (χ1v) is 8.43. The number of nitrogens with one attached hydrogen (secondary N) is 1.